The maximum atomic E-state index is 8.67. The third kappa shape index (κ3) is 18.6. The van der Waals surface area contributed by atoms with Gasteiger partial charge in [-0.2, -0.15) is 0 Å². The van der Waals surface area contributed by atoms with E-state index in [2.05, 4.69) is 0 Å². The van der Waals surface area contributed by atoms with Crippen LogP contribution in [0.25, 0.3) is 0 Å². The highest BCUT2D eigenvalue weighted by Crippen LogP contribution is 2.24. The van der Waals surface area contributed by atoms with Crippen molar-refractivity contribution in [2.75, 3.05) is 24.7 Å². The van der Waals surface area contributed by atoms with Crippen LogP contribution in [0.2, 0.25) is 0 Å². The van der Waals surface area contributed by atoms with Crippen molar-refractivity contribution in [3.63, 3.8) is 0 Å². The zero-order valence-electron chi connectivity index (χ0n) is 13.0. The summed E-state index contributed by atoms with van der Waals surface area (Å²) in [6.45, 7) is 0.710. The van der Waals surface area contributed by atoms with Crippen molar-refractivity contribution in [2.45, 2.75) is 77.0 Å². The molecule has 2 N–H and O–H groups in total. The number of aliphatic hydroxyl groups excluding tert-OH is 2. The van der Waals surface area contributed by atoms with Gasteiger partial charge in [0, 0.05) is 24.7 Å². The highest BCUT2D eigenvalue weighted by molar-refractivity contribution is 8.76. The fraction of sp³-hybridized carbons (Fsp3) is 1.00. The molecular formula is C16H34O2S2. The summed E-state index contributed by atoms with van der Waals surface area (Å²) in [7, 11) is 4.07. The van der Waals surface area contributed by atoms with Crippen LogP contribution in [0.1, 0.15) is 77.0 Å². The second kappa shape index (κ2) is 19.6. The zero-order valence-corrected chi connectivity index (χ0v) is 14.7. The van der Waals surface area contributed by atoms with Gasteiger partial charge in [-0.1, -0.05) is 73.0 Å². The third-order valence-electron chi connectivity index (χ3n) is 3.35. The molecule has 2 nitrogen and oxygen atoms in total. The molecular weight excluding hydrogens is 288 g/mol. The van der Waals surface area contributed by atoms with Gasteiger partial charge in [-0.05, 0) is 25.7 Å². The zero-order chi connectivity index (χ0) is 14.7. The van der Waals surface area contributed by atoms with Gasteiger partial charge in [-0.25, -0.2) is 0 Å². The molecule has 0 aromatic carbocycles. The summed E-state index contributed by atoms with van der Waals surface area (Å²) in [5.74, 6) is 2.59. The number of aliphatic hydroxyl groups is 2. The topological polar surface area (TPSA) is 40.5 Å². The molecule has 0 rings (SSSR count). The lowest BCUT2D eigenvalue weighted by atomic mass is 10.1. The first-order valence-electron chi connectivity index (χ1n) is 8.38. The van der Waals surface area contributed by atoms with Crippen LogP contribution in [-0.4, -0.2) is 34.9 Å². The van der Waals surface area contributed by atoms with Crippen molar-refractivity contribution < 1.29 is 10.2 Å². The Morgan fingerprint density at radius 1 is 0.400 bits per heavy atom. The predicted molar refractivity (Wildman–Crippen MR) is 94.5 cm³/mol. The highest BCUT2D eigenvalue weighted by atomic mass is 33.1. The Bertz CT molecular complexity index is 151. The lowest BCUT2D eigenvalue weighted by Gasteiger charge is -2.03. The molecule has 0 spiro atoms. The molecule has 0 amide bonds. The lowest BCUT2D eigenvalue weighted by Crippen LogP contribution is -1.85. The van der Waals surface area contributed by atoms with E-state index in [0.29, 0.717) is 13.2 Å². The minimum atomic E-state index is 0.355. The predicted octanol–water partition coefficient (Wildman–Crippen LogP) is 5.03. The highest BCUT2D eigenvalue weighted by Gasteiger charge is 1.94. The van der Waals surface area contributed by atoms with Crippen LogP contribution in [0.5, 0.6) is 0 Å². The molecule has 0 bridgehead atoms. The molecule has 0 heterocycles. The number of hydrogen-bond donors (Lipinski definition) is 2. The van der Waals surface area contributed by atoms with Crippen LogP contribution in [0.4, 0.5) is 0 Å². The molecule has 20 heavy (non-hydrogen) atoms. The van der Waals surface area contributed by atoms with Crippen molar-refractivity contribution in [1.82, 2.24) is 0 Å². The van der Waals surface area contributed by atoms with Crippen molar-refractivity contribution in [3.05, 3.63) is 0 Å². The van der Waals surface area contributed by atoms with Crippen LogP contribution in [0.15, 0.2) is 0 Å². The van der Waals surface area contributed by atoms with Gasteiger partial charge in [0.2, 0.25) is 0 Å². The van der Waals surface area contributed by atoms with Crippen LogP contribution in [0, 0.1) is 0 Å². The fourth-order valence-electron chi connectivity index (χ4n) is 2.08. The Morgan fingerprint density at radius 2 is 0.700 bits per heavy atom. The Balaban J connectivity index is 2.89. The molecule has 0 unspecified atom stereocenters. The standard InChI is InChI=1S/C16H34O2S2/c17-13-9-5-1-3-7-11-15-19-20-16-12-8-4-2-6-10-14-18/h17-18H,1-16H2. The van der Waals surface area contributed by atoms with Gasteiger partial charge in [-0.3, -0.25) is 0 Å². The minimum Gasteiger partial charge on any atom is -0.396 e. The van der Waals surface area contributed by atoms with Gasteiger partial charge in [0.25, 0.3) is 0 Å². The first kappa shape index (κ1) is 20.6. The Labute approximate surface area is 133 Å². The van der Waals surface area contributed by atoms with Crippen LogP contribution in [0.3, 0.4) is 0 Å². The molecule has 122 valence electrons. The van der Waals surface area contributed by atoms with E-state index in [1.54, 1.807) is 0 Å². The van der Waals surface area contributed by atoms with Crippen molar-refractivity contribution in [2.24, 2.45) is 0 Å². The summed E-state index contributed by atoms with van der Waals surface area (Å²) < 4.78 is 0. The van der Waals surface area contributed by atoms with E-state index in [4.69, 9.17) is 10.2 Å². The van der Waals surface area contributed by atoms with E-state index in [1.807, 2.05) is 21.6 Å². The summed E-state index contributed by atoms with van der Waals surface area (Å²) in [6, 6.07) is 0. The molecule has 0 aliphatic carbocycles. The summed E-state index contributed by atoms with van der Waals surface area (Å²) in [5, 5.41) is 17.3. The first-order chi connectivity index (χ1) is 9.91. The monoisotopic (exact) mass is 322 g/mol. The van der Waals surface area contributed by atoms with Crippen LogP contribution >= 0.6 is 21.6 Å². The maximum Gasteiger partial charge on any atom is 0.0431 e. The first-order valence-corrected chi connectivity index (χ1v) is 10.9. The van der Waals surface area contributed by atoms with Crippen molar-refractivity contribution in [1.29, 1.82) is 0 Å². The molecule has 0 aromatic rings. The van der Waals surface area contributed by atoms with Gasteiger partial charge in [0.15, 0.2) is 0 Å². The summed E-state index contributed by atoms with van der Waals surface area (Å²) in [6.07, 6.45) is 15.0. The number of hydrogen-bond acceptors (Lipinski definition) is 4. The van der Waals surface area contributed by atoms with Gasteiger partial charge in [0.1, 0.15) is 0 Å². The average Bonchev–Trinajstić information content (AvgIpc) is 2.47. The van der Waals surface area contributed by atoms with Crippen LogP contribution in [-0.2, 0) is 0 Å². The summed E-state index contributed by atoms with van der Waals surface area (Å²) in [5.41, 5.74) is 0. The second-order valence-electron chi connectivity index (χ2n) is 5.33. The third-order valence-corrected chi connectivity index (χ3v) is 5.93. The molecule has 0 fully saturated rings. The number of rotatable bonds is 17. The molecule has 0 aliphatic rings. The quantitative estimate of drug-likeness (QED) is 0.291. The van der Waals surface area contributed by atoms with E-state index < -0.39 is 0 Å². The largest absolute Gasteiger partial charge is 0.396 e. The molecule has 0 aromatic heterocycles. The molecule has 0 aliphatic heterocycles. The van der Waals surface area contributed by atoms with Gasteiger partial charge in [-0.15, -0.1) is 0 Å². The maximum absolute atomic E-state index is 8.67. The Kier molecular flexibility index (Phi) is 20.2. The molecule has 0 atom stereocenters. The second-order valence-corrected chi connectivity index (χ2v) is 8.04. The molecule has 0 saturated heterocycles. The van der Waals surface area contributed by atoms with Gasteiger partial charge in [0.05, 0.1) is 0 Å². The Morgan fingerprint density at radius 3 is 1.05 bits per heavy atom. The van der Waals surface area contributed by atoms with Crippen molar-refractivity contribution in [3.8, 4) is 0 Å². The van der Waals surface area contributed by atoms with E-state index in [0.717, 1.165) is 12.8 Å². The fourth-order valence-corrected chi connectivity index (χ4v) is 4.37. The molecule has 0 radical (unpaired) electrons. The summed E-state index contributed by atoms with van der Waals surface area (Å²) in [4.78, 5) is 0. The smallest absolute Gasteiger partial charge is 0.0431 e. The number of unbranched alkanes of at least 4 members (excludes halogenated alkanes) is 10. The molecule has 0 saturated carbocycles. The SMILES string of the molecule is OCCCCCCCCSSCCCCCCCCO. The lowest BCUT2D eigenvalue weighted by molar-refractivity contribution is 0.282. The molecule has 4 heteroatoms. The van der Waals surface area contributed by atoms with Crippen LogP contribution < -0.4 is 0 Å². The van der Waals surface area contributed by atoms with Crippen molar-refractivity contribution >= 4 is 21.6 Å². The average molecular weight is 323 g/mol. The van der Waals surface area contributed by atoms with E-state index >= 15 is 0 Å². The van der Waals surface area contributed by atoms with Gasteiger partial charge >= 0.3 is 0 Å². The van der Waals surface area contributed by atoms with E-state index in [1.165, 1.54) is 75.7 Å². The normalized spacial score (nSPS) is 11.1. The van der Waals surface area contributed by atoms with E-state index in [-0.39, 0.29) is 0 Å². The summed E-state index contributed by atoms with van der Waals surface area (Å²) >= 11 is 0. The van der Waals surface area contributed by atoms with Gasteiger partial charge < -0.3 is 10.2 Å². The minimum absolute atomic E-state index is 0.355. The van der Waals surface area contributed by atoms with E-state index in [9.17, 15) is 0 Å². The Hall–Kier alpha value is 0.620.